The molecule has 6 atom stereocenters. The summed E-state index contributed by atoms with van der Waals surface area (Å²) in [5, 5.41) is 19.2. The molecular formula is C39H48N3O6Pd-. The Morgan fingerprint density at radius 3 is 1.59 bits per heavy atom. The SMILES string of the molecule is C[C@@H](C(=O)CO)[C@H](N)c1ccccc1.C[C@@H](C(=O)O)[C@H](N)c1ccccc1.C[C@H]1C(=O)ON(Cc2ccccc2)[C@@H]1c1ccccc1.[CH3-].[Pd]. The normalized spacial score (nSPS) is 17.5. The minimum absolute atomic E-state index is 0. The summed E-state index contributed by atoms with van der Waals surface area (Å²) in [6.45, 7) is 5.43. The summed E-state index contributed by atoms with van der Waals surface area (Å²) in [5.74, 6) is -2.29. The average Bonchev–Trinajstić information content (AvgIpc) is 3.40. The van der Waals surface area contributed by atoms with Crippen molar-refractivity contribution in [1.82, 2.24) is 5.06 Å². The summed E-state index contributed by atoms with van der Waals surface area (Å²) >= 11 is 0. The van der Waals surface area contributed by atoms with E-state index in [0.717, 1.165) is 22.3 Å². The fourth-order valence-electron chi connectivity index (χ4n) is 5.06. The molecule has 0 unspecified atom stereocenters. The van der Waals surface area contributed by atoms with E-state index in [-0.39, 0.29) is 63.5 Å². The number of hydrogen-bond donors (Lipinski definition) is 4. The number of carboxylic acids is 1. The number of hydroxylamine groups is 2. The van der Waals surface area contributed by atoms with E-state index in [0.29, 0.717) is 6.54 Å². The van der Waals surface area contributed by atoms with Crippen molar-refractivity contribution in [3.8, 4) is 0 Å². The fraction of sp³-hybridized carbons (Fsp3) is 0.282. The molecule has 0 aromatic heterocycles. The molecule has 1 aliphatic heterocycles. The van der Waals surface area contributed by atoms with Gasteiger partial charge in [-0.25, -0.2) is 4.79 Å². The average molecular weight is 761 g/mol. The Kier molecular flexibility index (Phi) is 19.2. The number of carbonyl (C=O) groups is 3. The van der Waals surface area contributed by atoms with Crippen LogP contribution < -0.4 is 11.5 Å². The zero-order chi connectivity index (χ0) is 34.3. The van der Waals surface area contributed by atoms with Crippen molar-refractivity contribution in [3.63, 3.8) is 0 Å². The summed E-state index contributed by atoms with van der Waals surface area (Å²) < 4.78 is 0. The molecule has 9 nitrogen and oxygen atoms in total. The predicted octanol–water partition coefficient (Wildman–Crippen LogP) is 6.08. The van der Waals surface area contributed by atoms with Crippen LogP contribution in [0, 0.1) is 25.2 Å². The molecule has 49 heavy (non-hydrogen) atoms. The van der Waals surface area contributed by atoms with E-state index in [9.17, 15) is 14.4 Å². The van der Waals surface area contributed by atoms with Gasteiger partial charge in [0, 0.05) is 38.4 Å². The van der Waals surface area contributed by atoms with Crippen LogP contribution in [0.3, 0.4) is 0 Å². The molecule has 4 aromatic carbocycles. The van der Waals surface area contributed by atoms with Crippen molar-refractivity contribution in [3.05, 3.63) is 151 Å². The van der Waals surface area contributed by atoms with Crippen molar-refractivity contribution >= 4 is 17.7 Å². The second-order valence-corrected chi connectivity index (χ2v) is 11.5. The number of nitrogens with two attached hydrogens (primary N) is 2. The maximum atomic E-state index is 11.9. The van der Waals surface area contributed by atoms with Gasteiger partial charge in [0.1, 0.15) is 6.61 Å². The Morgan fingerprint density at radius 1 is 0.755 bits per heavy atom. The van der Waals surface area contributed by atoms with Gasteiger partial charge in [0.15, 0.2) is 5.78 Å². The minimum Gasteiger partial charge on any atom is -0.481 e. The van der Waals surface area contributed by atoms with E-state index in [2.05, 4.69) is 0 Å². The van der Waals surface area contributed by atoms with Gasteiger partial charge in [-0.05, 0) is 29.2 Å². The van der Waals surface area contributed by atoms with Crippen molar-refractivity contribution in [2.75, 3.05) is 6.61 Å². The van der Waals surface area contributed by atoms with E-state index < -0.39 is 24.5 Å². The summed E-state index contributed by atoms with van der Waals surface area (Å²) in [6, 6.07) is 38.0. The number of ketones is 1. The summed E-state index contributed by atoms with van der Waals surface area (Å²) in [6.07, 6.45) is 0. The number of aliphatic hydroxyl groups excluding tert-OH is 1. The minimum atomic E-state index is -0.864. The van der Waals surface area contributed by atoms with Crippen LogP contribution in [0.15, 0.2) is 121 Å². The maximum absolute atomic E-state index is 11.9. The van der Waals surface area contributed by atoms with E-state index >= 15 is 0 Å². The zero-order valence-electron chi connectivity index (χ0n) is 28.4. The van der Waals surface area contributed by atoms with E-state index in [1.165, 1.54) is 0 Å². The number of nitrogens with zero attached hydrogens (tertiary/aromatic N) is 1. The Hall–Kier alpha value is -4.01. The molecule has 4 aromatic rings. The number of Topliss-reactive ketones (excluding diaryl/α,β-unsaturated/α-hetero) is 1. The maximum Gasteiger partial charge on any atom is 0.329 e. The number of carbonyl (C=O) groups excluding carboxylic acids is 2. The summed E-state index contributed by atoms with van der Waals surface area (Å²) in [4.78, 5) is 39.2. The number of carboxylic acid groups (broad SMARTS) is 1. The van der Waals surface area contributed by atoms with Gasteiger partial charge < -0.3 is 33.9 Å². The molecule has 0 radical (unpaired) electrons. The second kappa shape index (κ2) is 21.9. The van der Waals surface area contributed by atoms with E-state index in [4.69, 9.17) is 26.5 Å². The third-order valence-electron chi connectivity index (χ3n) is 8.18. The predicted molar refractivity (Wildman–Crippen MR) is 188 cm³/mol. The quantitative estimate of drug-likeness (QED) is 0.111. The van der Waals surface area contributed by atoms with Crippen molar-refractivity contribution < 1.29 is 49.9 Å². The first-order valence-electron chi connectivity index (χ1n) is 15.6. The number of benzene rings is 4. The molecule has 5 rings (SSSR count). The second-order valence-electron chi connectivity index (χ2n) is 11.5. The van der Waals surface area contributed by atoms with Crippen molar-refractivity contribution in [1.29, 1.82) is 0 Å². The Balaban J connectivity index is 0.000000372. The fourth-order valence-corrected chi connectivity index (χ4v) is 5.06. The third-order valence-corrected chi connectivity index (χ3v) is 8.18. The molecule has 0 amide bonds. The molecular weight excluding hydrogens is 713 g/mol. The van der Waals surface area contributed by atoms with Crippen molar-refractivity contribution in [2.24, 2.45) is 29.2 Å². The van der Waals surface area contributed by atoms with Gasteiger partial charge in [-0.2, -0.15) is 0 Å². The first-order chi connectivity index (χ1) is 22.5. The Morgan fingerprint density at radius 2 is 1.16 bits per heavy atom. The van der Waals surface area contributed by atoms with Gasteiger partial charge in [-0.15, -0.1) is 5.06 Å². The van der Waals surface area contributed by atoms with Gasteiger partial charge in [0.2, 0.25) is 0 Å². The number of rotatable bonds is 10. The summed E-state index contributed by atoms with van der Waals surface area (Å²) in [7, 11) is 0. The van der Waals surface area contributed by atoms with Crippen LogP contribution in [-0.2, 0) is 46.2 Å². The third kappa shape index (κ3) is 12.8. The van der Waals surface area contributed by atoms with Crippen LogP contribution in [0.25, 0.3) is 0 Å². The molecule has 10 heteroatoms. The topological polar surface area (TPSA) is 156 Å². The van der Waals surface area contributed by atoms with Crippen LogP contribution >= 0.6 is 0 Å². The van der Waals surface area contributed by atoms with Crippen molar-refractivity contribution in [2.45, 2.75) is 45.4 Å². The van der Waals surface area contributed by atoms with Crippen LogP contribution in [0.5, 0.6) is 0 Å². The van der Waals surface area contributed by atoms with Crippen LogP contribution in [0.4, 0.5) is 0 Å². The van der Waals surface area contributed by atoms with Gasteiger partial charge >= 0.3 is 11.9 Å². The van der Waals surface area contributed by atoms with Gasteiger partial charge in [-0.3, -0.25) is 9.59 Å². The monoisotopic (exact) mass is 760 g/mol. The first-order valence-corrected chi connectivity index (χ1v) is 15.6. The summed E-state index contributed by atoms with van der Waals surface area (Å²) in [5.41, 5.74) is 15.7. The molecule has 1 aliphatic rings. The Bertz CT molecular complexity index is 1530. The van der Waals surface area contributed by atoms with Gasteiger partial charge in [0.25, 0.3) is 0 Å². The number of hydrogen-bond acceptors (Lipinski definition) is 8. The molecule has 1 fully saturated rings. The zero-order valence-corrected chi connectivity index (χ0v) is 29.9. The number of aliphatic hydroxyl groups is 1. The molecule has 1 heterocycles. The van der Waals surface area contributed by atoms with Gasteiger partial charge in [-0.1, -0.05) is 135 Å². The first kappa shape index (κ1) is 43.0. The van der Waals surface area contributed by atoms with Gasteiger partial charge in [0.05, 0.1) is 24.4 Å². The van der Waals surface area contributed by atoms with Crippen LogP contribution in [0.2, 0.25) is 0 Å². The Labute approximate surface area is 303 Å². The smallest absolute Gasteiger partial charge is 0.329 e. The molecule has 0 spiro atoms. The molecule has 6 N–H and O–H groups in total. The van der Waals surface area contributed by atoms with Crippen LogP contribution in [0.1, 0.15) is 61.2 Å². The molecule has 0 aliphatic carbocycles. The van der Waals surface area contributed by atoms with E-state index in [1.807, 2.05) is 128 Å². The number of aliphatic carboxylic acids is 1. The molecule has 0 saturated carbocycles. The van der Waals surface area contributed by atoms with Crippen LogP contribution in [-0.4, -0.2) is 39.6 Å². The van der Waals surface area contributed by atoms with E-state index in [1.54, 1.807) is 18.9 Å². The largest absolute Gasteiger partial charge is 0.481 e. The molecule has 266 valence electrons. The molecule has 1 saturated heterocycles. The molecule has 0 bridgehead atoms. The standard InChI is InChI=1S/C17H17NO2.C11H15NO2.C10H13NO2.CH3.Pd/c1-13-16(15-10-6-3-7-11-15)18(20-17(13)19)12-14-8-4-2-5-9-14;1-8(10(14)7-13)11(12)9-5-3-2-4-6-9;1-7(10(12)13)9(11)8-5-3-2-4-6-8;;/h2-11,13,16H,12H2,1H3;2-6,8,11,13H,7,12H2,1H3;2-7,9H,11H2,1H3,(H,12,13);1H3;/q;;;-1;/t13-,16+;8-,11-;7-,9+;;/m101../s1.